The van der Waals surface area contributed by atoms with Gasteiger partial charge in [-0.25, -0.2) is 0 Å². The van der Waals surface area contributed by atoms with E-state index in [1.807, 2.05) is 36.5 Å². The fraction of sp³-hybridized carbons (Fsp3) is 0.0588. The van der Waals surface area contributed by atoms with Crippen LogP contribution in [0.2, 0.25) is 0 Å². The second kappa shape index (κ2) is 5.13. The normalized spacial score (nSPS) is 11.6. The van der Waals surface area contributed by atoms with Gasteiger partial charge in [0.1, 0.15) is 0 Å². The third-order valence-electron chi connectivity index (χ3n) is 3.35. The van der Waals surface area contributed by atoms with Gasteiger partial charge >= 0.3 is 6.18 Å². The molecule has 0 aliphatic carbocycles. The molecule has 2 aromatic carbocycles. The average molecular weight is 287 g/mol. The quantitative estimate of drug-likeness (QED) is 0.652. The Kier molecular flexibility index (Phi) is 3.29. The summed E-state index contributed by atoms with van der Waals surface area (Å²) in [5.41, 5.74) is 2.99. The largest absolute Gasteiger partial charge is 0.416 e. The predicted molar refractivity (Wildman–Crippen MR) is 76.7 cm³/mol. The maximum atomic E-state index is 12.6. The lowest BCUT2D eigenvalue weighted by atomic mass is 9.98. The molecule has 0 aliphatic rings. The zero-order valence-electron chi connectivity index (χ0n) is 11.0. The van der Waals surface area contributed by atoms with Crippen molar-refractivity contribution in [3.8, 4) is 22.3 Å². The molecule has 3 rings (SSSR count). The number of hydrogen-bond donors (Lipinski definition) is 1. The maximum Gasteiger partial charge on any atom is 0.416 e. The molecule has 0 spiro atoms. The van der Waals surface area contributed by atoms with Gasteiger partial charge in [0.15, 0.2) is 0 Å². The van der Waals surface area contributed by atoms with Crippen LogP contribution in [0.5, 0.6) is 0 Å². The van der Waals surface area contributed by atoms with Gasteiger partial charge in [-0.1, -0.05) is 42.5 Å². The lowest BCUT2D eigenvalue weighted by Crippen LogP contribution is -2.03. The minimum Gasteiger partial charge on any atom is -0.366 e. The van der Waals surface area contributed by atoms with Gasteiger partial charge in [0.2, 0.25) is 0 Å². The fourth-order valence-electron chi connectivity index (χ4n) is 2.30. The Morgan fingerprint density at radius 2 is 1.19 bits per heavy atom. The number of aromatic amines is 1. The number of hydrogen-bond acceptors (Lipinski definition) is 0. The number of benzene rings is 2. The van der Waals surface area contributed by atoms with Crippen LogP contribution in [0.15, 0.2) is 67.0 Å². The van der Waals surface area contributed by atoms with Gasteiger partial charge in [0.25, 0.3) is 0 Å². The molecule has 1 nitrogen and oxygen atoms in total. The van der Waals surface area contributed by atoms with Crippen molar-refractivity contribution in [1.29, 1.82) is 0 Å². The predicted octanol–water partition coefficient (Wildman–Crippen LogP) is 5.37. The monoisotopic (exact) mass is 287 g/mol. The van der Waals surface area contributed by atoms with Crippen molar-refractivity contribution in [2.45, 2.75) is 6.18 Å². The number of rotatable bonds is 2. The van der Waals surface area contributed by atoms with Crippen molar-refractivity contribution in [1.82, 2.24) is 4.98 Å². The van der Waals surface area contributed by atoms with Crippen LogP contribution in [-0.4, -0.2) is 4.98 Å². The number of nitrogens with one attached hydrogen (secondary N) is 1. The van der Waals surface area contributed by atoms with Gasteiger partial charge < -0.3 is 4.98 Å². The van der Waals surface area contributed by atoms with E-state index in [4.69, 9.17) is 0 Å². The van der Waals surface area contributed by atoms with Crippen LogP contribution in [0, 0.1) is 0 Å². The first-order chi connectivity index (χ1) is 10.1. The Bertz CT molecular complexity index is 725. The molecule has 0 bridgehead atoms. The summed E-state index contributed by atoms with van der Waals surface area (Å²) in [7, 11) is 0. The van der Waals surface area contributed by atoms with Gasteiger partial charge in [0.05, 0.1) is 5.56 Å². The molecular weight excluding hydrogens is 275 g/mol. The summed E-state index contributed by atoms with van der Waals surface area (Å²) < 4.78 is 37.8. The number of aromatic nitrogens is 1. The lowest BCUT2D eigenvalue weighted by Gasteiger charge is -2.08. The Morgan fingerprint density at radius 1 is 0.667 bits per heavy atom. The van der Waals surface area contributed by atoms with Crippen molar-refractivity contribution in [2.75, 3.05) is 0 Å². The molecule has 21 heavy (non-hydrogen) atoms. The molecule has 1 N–H and O–H groups in total. The molecule has 4 heteroatoms. The Labute approximate surface area is 120 Å². The second-order valence-electron chi connectivity index (χ2n) is 4.72. The summed E-state index contributed by atoms with van der Waals surface area (Å²) in [6.45, 7) is 0. The third-order valence-corrected chi connectivity index (χ3v) is 3.35. The van der Waals surface area contributed by atoms with Crippen molar-refractivity contribution in [3.63, 3.8) is 0 Å². The molecule has 0 fully saturated rings. The van der Waals surface area contributed by atoms with E-state index >= 15 is 0 Å². The highest BCUT2D eigenvalue weighted by Crippen LogP contribution is 2.34. The lowest BCUT2D eigenvalue weighted by molar-refractivity contribution is -0.137. The van der Waals surface area contributed by atoms with Gasteiger partial charge in [0, 0.05) is 23.5 Å². The Morgan fingerprint density at radius 3 is 1.71 bits per heavy atom. The van der Waals surface area contributed by atoms with Gasteiger partial charge in [-0.3, -0.25) is 0 Å². The molecule has 0 amide bonds. The molecule has 106 valence electrons. The minimum absolute atomic E-state index is 0.636. The van der Waals surface area contributed by atoms with Crippen LogP contribution < -0.4 is 0 Å². The van der Waals surface area contributed by atoms with Crippen molar-refractivity contribution >= 4 is 0 Å². The van der Waals surface area contributed by atoms with E-state index in [0.717, 1.165) is 34.4 Å². The molecule has 0 atom stereocenters. The summed E-state index contributed by atoms with van der Waals surface area (Å²) in [4.78, 5) is 3.02. The minimum atomic E-state index is -4.31. The molecule has 0 unspecified atom stereocenters. The first-order valence-electron chi connectivity index (χ1n) is 6.45. The van der Waals surface area contributed by atoms with E-state index in [9.17, 15) is 13.2 Å². The van der Waals surface area contributed by atoms with Crippen LogP contribution in [-0.2, 0) is 6.18 Å². The molecule has 0 saturated heterocycles. The number of halogens is 3. The van der Waals surface area contributed by atoms with Crippen LogP contribution in [0.4, 0.5) is 13.2 Å². The van der Waals surface area contributed by atoms with Crippen LogP contribution >= 0.6 is 0 Å². The Balaban J connectivity index is 2.01. The van der Waals surface area contributed by atoms with Crippen molar-refractivity contribution in [3.05, 3.63) is 72.6 Å². The van der Waals surface area contributed by atoms with Crippen molar-refractivity contribution < 1.29 is 13.2 Å². The SMILES string of the molecule is FC(F)(F)c1ccc(-c2c[nH]cc2-c2ccccc2)cc1. The van der Waals surface area contributed by atoms with Gasteiger partial charge in [-0.15, -0.1) is 0 Å². The summed E-state index contributed by atoms with van der Waals surface area (Å²) in [5.74, 6) is 0. The van der Waals surface area contributed by atoms with Crippen molar-refractivity contribution in [2.24, 2.45) is 0 Å². The number of H-pyrrole nitrogens is 1. The van der Waals surface area contributed by atoms with Crippen LogP contribution in [0.3, 0.4) is 0 Å². The molecule has 0 radical (unpaired) electrons. The summed E-state index contributed by atoms with van der Waals surface area (Å²) >= 11 is 0. The van der Waals surface area contributed by atoms with E-state index in [2.05, 4.69) is 4.98 Å². The van der Waals surface area contributed by atoms with E-state index in [-0.39, 0.29) is 0 Å². The van der Waals surface area contributed by atoms with Gasteiger partial charge in [-0.2, -0.15) is 13.2 Å². The number of alkyl halides is 3. The first kappa shape index (κ1) is 13.5. The first-order valence-corrected chi connectivity index (χ1v) is 6.45. The van der Waals surface area contributed by atoms with E-state index in [1.54, 1.807) is 6.20 Å². The molecular formula is C17H12F3N. The molecule has 3 aromatic rings. The average Bonchev–Trinajstić information content (AvgIpc) is 2.97. The highest BCUT2D eigenvalue weighted by atomic mass is 19.4. The van der Waals surface area contributed by atoms with E-state index < -0.39 is 11.7 Å². The third kappa shape index (κ3) is 2.70. The highest BCUT2D eigenvalue weighted by Gasteiger charge is 2.30. The van der Waals surface area contributed by atoms with E-state index in [0.29, 0.717) is 0 Å². The Hall–Kier alpha value is -2.49. The van der Waals surface area contributed by atoms with Gasteiger partial charge in [-0.05, 0) is 23.3 Å². The topological polar surface area (TPSA) is 15.8 Å². The summed E-state index contributed by atoms with van der Waals surface area (Å²) in [6, 6.07) is 14.9. The second-order valence-corrected chi connectivity index (χ2v) is 4.72. The zero-order chi connectivity index (χ0) is 14.9. The van der Waals surface area contributed by atoms with E-state index in [1.165, 1.54) is 12.1 Å². The fourth-order valence-corrected chi connectivity index (χ4v) is 2.30. The molecule has 1 heterocycles. The van der Waals surface area contributed by atoms with Crippen LogP contribution in [0.1, 0.15) is 5.56 Å². The summed E-state index contributed by atoms with van der Waals surface area (Å²) in [6.07, 6.45) is -0.661. The highest BCUT2D eigenvalue weighted by molar-refractivity contribution is 5.83. The zero-order valence-corrected chi connectivity index (χ0v) is 11.0. The smallest absolute Gasteiger partial charge is 0.366 e. The standard InChI is InChI=1S/C17H12F3N/c18-17(19,20)14-8-6-13(7-9-14)16-11-21-10-15(16)12-4-2-1-3-5-12/h1-11,21H. The molecule has 1 aromatic heterocycles. The maximum absolute atomic E-state index is 12.6. The molecule has 0 saturated carbocycles. The molecule has 0 aliphatic heterocycles. The summed E-state index contributed by atoms with van der Waals surface area (Å²) in [5, 5.41) is 0. The van der Waals surface area contributed by atoms with Crippen LogP contribution in [0.25, 0.3) is 22.3 Å².